The van der Waals surface area contributed by atoms with Crippen LogP contribution < -0.4 is 11.1 Å². The molecule has 1 amide bonds. The molecule has 0 radical (unpaired) electrons. The first-order chi connectivity index (χ1) is 16.6. The molecule has 34 heavy (non-hydrogen) atoms. The van der Waals surface area contributed by atoms with Crippen LogP contribution in [0.3, 0.4) is 0 Å². The fraction of sp³-hybridized carbons (Fsp3) is 0.0769. The van der Waals surface area contributed by atoms with Gasteiger partial charge in [-0.1, -0.05) is 54.6 Å². The Bertz CT molecular complexity index is 1530. The Morgan fingerprint density at radius 1 is 1.00 bits per heavy atom. The molecule has 0 spiro atoms. The highest BCUT2D eigenvalue weighted by molar-refractivity contribution is 6.10. The second-order valence-electron chi connectivity index (χ2n) is 7.79. The molecule has 0 aliphatic heterocycles. The molecule has 0 fully saturated rings. The van der Waals surface area contributed by atoms with E-state index >= 15 is 0 Å². The lowest BCUT2D eigenvalue weighted by Crippen LogP contribution is -2.26. The van der Waals surface area contributed by atoms with E-state index in [1.165, 1.54) is 4.68 Å². The molecule has 0 aliphatic rings. The molecule has 0 aliphatic carbocycles. The summed E-state index contributed by atoms with van der Waals surface area (Å²) in [7, 11) is 0. The molecule has 8 heteroatoms. The van der Waals surface area contributed by atoms with Crippen LogP contribution >= 0.6 is 0 Å². The quantitative estimate of drug-likeness (QED) is 0.341. The summed E-state index contributed by atoms with van der Waals surface area (Å²) >= 11 is 0. The molecule has 5 aromatic rings. The number of hydrogen-bond donors (Lipinski definition) is 3. The summed E-state index contributed by atoms with van der Waals surface area (Å²) in [5, 5.41) is 17.1. The predicted molar refractivity (Wildman–Crippen MR) is 133 cm³/mol. The van der Waals surface area contributed by atoms with Crippen LogP contribution in [0.1, 0.15) is 21.5 Å². The van der Waals surface area contributed by atoms with Crippen molar-refractivity contribution in [2.24, 2.45) is 5.10 Å². The topological polar surface area (TPSA) is 118 Å². The Balaban J connectivity index is 1.54. The van der Waals surface area contributed by atoms with E-state index in [0.29, 0.717) is 40.7 Å². The van der Waals surface area contributed by atoms with Crippen LogP contribution in [0.2, 0.25) is 0 Å². The maximum Gasteiger partial charge on any atom is 0.257 e. The third-order valence-corrected chi connectivity index (χ3v) is 5.44. The maximum atomic E-state index is 13.2. The van der Waals surface area contributed by atoms with Crippen LogP contribution in [0, 0.1) is 0 Å². The second kappa shape index (κ2) is 9.03. The molecule has 0 saturated carbocycles. The number of carbonyl (C=O) groups excluding carboxylic acids is 1. The number of nitrogen functional groups attached to an aromatic ring is 1. The van der Waals surface area contributed by atoms with Gasteiger partial charge in [-0.2, -0.15) is 9.78 Å². The average molecular weight is 451 g/mol. The van der Waals surface area contributed by atoms with Crippen molar-refractivity contribution in [3.63, 3.8) is 0 Å². The average Bonchev–Trinajstić information content (AvgIpc) is 3.12. The van der Waals surface area contributed by atoms with Gasteiger partial charge in [-0.05, 0) is 41.8 Å². The number of benzene rings is 3. The number of rotatable bonds is 6. The molecule has 2 heterocycles. The fourth-order valence-electron chi connectivity index (χ4n) is 3.77. The molecule has 0 saturated heterocycles. The number of nitrogens with two attached hydrogens (primary N) is 1. The van der Waals surface area contributed by atoms with Crippen molar-refractivity contribution in [3.05, 3.63) is 95.6 Å². The van der Waals surface area contributed by atoms with Crippen molar-refractivity contribution in [1.29, 1.82) is 0 Å². The Hall–Kier alpha value is -4.72. The molecular weight excluding hydrogens is 428 g/mol. The zero-order valence-corrected chi connectivity index (χ0v) is 18.2. The van der Waals surface area contributed by atoms with Gasteiger partial charge in [-0.25, -0.2) is 9.97 Å². The van der Waals surface area contributed by atoms with E-state index in [2.05, 4.69) is 20.4 Å². The summed E-state index contributed by atoms with van der Waals surface area (Å²) in [5.74, 6) is -0.0770. The van der Waals surface area contributed by atoms with Gasteiger partial charge in [0.15, 0.2) is 5.65 Å². The Labute approximate surface area is 195 Å². The highest BCUT2D eigenvalue weighted by Gasteiger charge is 2.23. The third kappa shape index (κ3) is 4.16. The number of nitrogens with zero attached hydrogens (tertiary/aromatic N) is 4. The molecular formula is C26H22N6O2. The van der Waals surface area contributed by atoms with Crippen LogP contribution in [0.4, 0.5) is 5.82 Å². The molecule has 8 nitrogen and oxygen atoms in total. The second-order valence-corrected chi connectivity index (χ2v) is 7.79. The lowest BCUT2D eigenvalue weighted by Gasteiger charge is -2.05. The number of phenols is 1. The zero-order valence-electron chi connectivity index (χ0n) is 18.2. The SMILES string of the molecule is Nc1c(C(=O)NCCc2ccccc2)c2nc3ccccc3nc2n1N=Cc1cccc(O)c1. The van der Waals surface area contributed by atoms with Crippen LogP contribution in [0.5, 0.6) is 5.75 Å². The summed E-state index contributed by atoms with van der Waals surface area (Å²) in [6.45, 7) is 0.447. The van der Waals surface area contributed by atoms with E-state index in [1.807, 2.05) is 54.6 Å². The van der Waals surface area contributed by atoms with Crippen molar-refractivity contribution < 1.29 is 9.90 Å². The largest absolute Gasteiger partial charge is 0.508 e. The van der Waals surface area contributed by atoms with E-state index < -0.39 is 0 Å². The normalized spacial score (nSPS) is 11.4. The number of aromatic nitrogens is 3. The number of anilines is 1. The van der Waals surface area contributed by atoms with E-state index in [1.54, 1.807) is 30.5 Å². The third-order valence-electron chi connectivity index (χ3n) is 5.44. The summed E-state index contributed by atoms with van der Waals surface area (Å²) in [4.78, 5) is 22.5. The number of phenolic OH excluding ortho intramolecular Hbond substituents is 1. The van der Waals surface area contributed by atoms with Crippen molar-refractivity contribution in [1.82, 2.24) is 20.0 Å². The van der Waals surface area contributed by atoms with Gasteiger partial charge in [0.25, 0.3) is 5.91 Å². The summed E-state index contributed by atoms with van der Waals surface area (Å²) < 4.78 is 1.41. The first kappa shape index (κ1) is 21.1. The first-order valence-electron chi connectivity index (χ1n) is 10.8. The Morgan fingerprint density at radius 3 is 2.50 bits per heavy atom. The van der Waals surface area contributed by atoms with Gasteiger partial charge in [-0.3, -0.25) is 4.79 Å². The van der Waals surface area contributed by atoms with Crippen LogP contribution in [-0.4, -0.2) is 38.4 Å². The van der Waals surface area contributed by atoms with Gasteiger partial charge >= 0.3 is 0 Å². The summed E-state index contributed by atoms with van der Waals surface area (Å²) in [6.07, 6.45) is 2.23. The first-order valence-corrected chi connectivity index (χ1v) is 10.8. The molecule has 0 unspecified atom stereocenters. The smallest absolute Gasteiger partial charge is 0.257 e. The predicted octanol–water partition coefficient (Wildman–Crippen LogP) is 3.73. The van der Waals surface area contributed by atoms with Crippen molar-refractivity contribution in [2.75, 3.05) is 12.3 Å². The highest BCUT2D eigenvalue weighted by Crippen LogP contribution is 2.28. The minimum absolute atomic E-state index is 0.124. The Morgan fingerprint density at radius 2 is 1.74 bits per heavy atom. The number of para-hydroxylation sites is 2. The Kier molecular flexibility index (Phi) is 5.61. The lowest BCUT2D eigenvalue weighted by atomic mass is 10.1. The number of carbonyl (C=O) groups is 1. The van der Waals surface area contributed by atoms with Crippen molar-refractivity contribution in [2.45, 2.75) is 6.42 Å². The fourth-order valence-corrected chi connectivity index (χ4v) is 3.77. The number of fused-ring (bicyclic) bond motifs is 2. The van der Waals surface area contributed by atoms with E-state index in [9.17, 15) is 9.90 Å². The molecule has 0 bridgehead atoms. The van der Waals surface area contributed by atoms with Gasteiger partial charge in [-0.15, -0.1) is 0 Å². The maximum absolute atomic E-state index is 13.2. The van der Waals surface area contributed by atoms with Crippen molar-refractivity contribution >= 4 is 40.1 Å². The minimum atomic E-state index is -0.339. The molecule has 3 aromatic carbocycles. The zero-order chi connectivity index (χ0) is 23.5. The number of amides is 1. The number of hydrogen-bond acceptors (Lipinski definition) is 6. The molecule has 5 rings (SSSR count). The molecule has 4 N–H and O–H groups in total. The summed E-state index contributed by atoms with van der Waals surface area (Å²) in [6, 6.07) is 24.0. The monoisotopic (exact) mass is 450 g/mol. The summed E-state index contributed by atoms with van der Waals surface area (Å²) in [5.41, 5.74) is 10.5. The minimum Gasteiger partial charge on any atom is -0.508 e. The molecule has 0 atom stereocenters. The van der Waals surface area contributed by atoms with E-state index in [0.717, 1.165) is 5.56 Å². The van der Waals surface area contributed by atoms with Gasteiger partial charge in [0.2, 0.25) is 0 Å². The van der Waals surface area contributed by atoms with Gasteiger partial charge in [0.1, 0.15) is 22.6 Å². The van der Waals surface area contributed by atoms with Crippen LogP contribution in [0.25, 0.3) is 22.2 Å². The van der Waals surface area contributed by atoms with Crippen LogP contribution in [0.15, 0.2) is 84.0 Å². The molecule has 2 aromatic heterocycles. The van der Waals surface area contributed by atoms with Crippen molar-refractivity contribution in [3.8, 4) is 5.75 Å². The lowest BCUT2D eigenvalue weighted by molar-refractivity contribution is 0.0956. The van der Waals surface area contributed by atoms with Gasteiger partial charge < -0.3 is 16.2 Å². The number of nitrogens with one attached hydrogen (secondary N) is 1. The van der Waals surface area contributed by atoms with Gasteiger partial charge in [0, 0.05) is 6.54 Å². The highest BCUT2D eigenvalue weighted by atomic mass is 16.3. The van der Waals surface area contributed by atoms with Gasteiger partial charge in [0.05, 0.1) is 17.2 Å². The van der Waals surface area contributed by atoms with E-state index in [-0.39, 0.29) is 23.0 Å². The molecule has 168 valence electrons. The number of aromatic hydroxyl groups is 1. The van der Waals surface area contributed by atoms with E-state index in [4.69, 9.17) is 5.73 Å². The standard InChI is InChI=1S/C26H22N6O2/c27-24-22(26(34)28-14-13-17-7-2-1-3-8-17)23-25(31-21-12-5-4-11-20(21)30-23)32(24)29-16-18-9-6-10-19(33)15-18/h1-12,15-16,33H,13-14,27H2,(H,28,34). The van der Waals surface area contributed by atoms with Crippen LogP contribution in [-0.2, 0) is 6.42 Å².